The third-order valence-electron chi connectivity index (χ3n) is 3.18. The highest BCUT2D eigenvalue weighted by atomic mass is 32.1. The number of aryl methyl sites for hydroxylation is 1. The molecule has 0 aromatic carbocycles. The van der Waals surface area contributed by atoms with E-state index >= 15 is 0 Å². The molecule has 2 aromatic rings. The molecule has 0 atom stereocenters. The van der Waals surface area contributed by atoms with Gasteiger partial charge in [0.1, 0.15) is 12.1 Å². The van der Waals surface area contributed by atoms with Gasteiger partial charge in [-0.05, 0) is 13.3 Å². The zero-order chi connectivity index (χ0) is 15.2. The number of aromatic nitrogens is 3. The lowest BCUT2D eigenvalue weighted by Crippen LogP contribution is -2.35. The predicted molar refractivity (Wildman–Crippen MR) is 79.8 cm³/mol. The summed E-state index contributed by atoms with van der Waals surface area (Å²) in [6.07, 6.45) is 4.27. The molecule has 0 aliphatic rings. The highest BCUT2D eigenvalue weighted by Crippen LogP contribution is 2.15. The van der Waals surface area contributed by atoms with E-state index in [0.717, 1.165) is 11.3 Å². The van der Waals surface area contributed by atoms with Crippen molar-refractivity contribution in [2.75, 3.05) is 12.3 Å². The fourth-order valence-corrected chi connectivity index (χ4v) is 2.96. The average molecular weight is 307 g/mol. The number of esters is 1. The first-order chi connectivity index (χ1) is 10.1. The summed E-state index contributed by atoms with van der Waals surface area (Å²) >= 11 is 1.63. The number of hydrogen-bond donors (Lipinski definition) is 1. The second-order valence-electron chi connectivity index (χ2n) is 4.60. The normalized spacial score (nSPS) is 10.6. The fraction of sp³-hybridized carbons (Fsp3) is 0.429. The number of nitrogen functional groups attached to an aromatic ring is 1. The van der Waals surface area contributed by atoms with Gasteiger partial charge in [0.2, 0.25) is 5.51 Å². The molecule has 21 heavy (non-hydrogen) atoms. The van der Waals surface area contributed by atoms with Gasteiger partial charge in [0.05, 0.1) is 23.5 Å². The molecule has 0 amide bonds. The van der Waals surface area contributed by atoms with Gasteiger partial charge < -0.3 is 10.5 Å². The van der Waals surface area contributed by atoms with E-state index in [1.165, 1.54) is 11.2 Å². The second-order valence-corrected chi connectivity index (χ2v) is 5.54. The number of nitrogens with two attached hydrogens (primary N) is 1. The van der Waals surface area contributed by atoms with Crippen LogP contribution in [0, 0.1) is 6.92 Å². The maximum atomic E-state index is 11.4. The Morgan fingerprint density at radius 3 is 3.05 bits per heavy atom. The Labute approximate surface area is 127 Å². The number of carbonyl (C=O) groups is 1. The van der Waals surface area contributed by atoms with Crippen molar-refractivity contribution >= 4 is 23.1 Å². The smallest absolute Gasteiger partial charge is 0.306 e. The predicted octanol–water partition coefficient (Wildman–Crippen LogP) is 1.26. The van der Waals surface area contributed by atoms with Gasteiger partial charge >= 0.3 is 5.97 Å². The van der Waals surface area contributed by atoms with Gasteiger partial charge in [-0.2, -0.15) is 4.57 Å². The molecule has 0 spiro atoms. The van der Waals surface area contributed by atoms with Crippen LogP contribution in [0.5, 0.6) is 0 Å². The first-order valence-electron chi connectivity index (χ1n) is 6.78. The minimum absolute atomic E-state index is 0.155. The van der Waals surface area contributed by atoms with Crippen LogP contribution in [-0.2, 0) is 22.5 Å². The zero-order valence-corrected chi connectivity index (χ0v) is 13.0. The molecule has 7 heteroatoms. The Bertz CT molecular complexity index is 627. The first kappa shape index (κ1) is 15.4. The van der Waals surface area contributed by atoms with Crippen LogP contribution in [0.1, 0.15) is 29.5 Å². The second kappa shape index (κ2) is 7.12. The van der Waals surface area contributed by atoms with E-state index < -0.39 is 0 Å². The van der Waals surface area contributed by atoms with Crippen LogP contribution in [0.2, 0.25) is 0 Å². The van der Waals surface area contributed by atoms with E-state index in [0.29, 0.717) is 31.8 Å². The monoisotopic (exact) mass is 307 g/mol. The van der Waals surface area contributed by atoms with Crippen molar-refractivity contribution in [1.29, 1.82) is 0 Å². The van der Waals surface area contributed by atoms with Crippen LogP contribution in [0.3, 0.4) is 0 Å². The number of thiazole rings is 1. The number of rotatable bonds is 6. The number of nitrogens with zero attached hydrogens (tertiary/aromatic N) is 3. The standard InChI is InChI=1S/C14H19N4O2S/c1-3-20-13(19)5-4-12-10(2)18(9-21-12)7-11-6-16-8-17-14(11)15/h6,8-9H,3-5,7H2,1-2H3,(H2,15,16,17)/q+1. The Kier molecular flexibility index (Phi) is 5.21. The molecule has 0 unspecified atom stereocenters. The molecule has 2 rings (SSSR count). The molecule has 112 valence electrons. The molecule has 2 heterocycles. The van der Waals surface area contributed by atoms with Crippen LogP contribution in [0.25, 0.3) is 0 Å². The van der Waals surface area contributed by atoms with Gasteiger partial charge in [-0.15, -0.1) is 0 Å². The van der Waals surface area contributed by atoms with Crippen LogP contribution in [-0.4, -0.2) is 22.5 Å². The van der Waals surface area contributed by atoms with Gasteiger partial charge in [0.25, 0.3) is 0 Å². The summed E-state index contributed by atoms with van der Waals surface area (Å²) in [6.45, 7) is 4.91. The Hall–Kier alpha value is -2.02. The molecule has 2 N–H and O–H groups in total. The molecule has 0 saturated carbocycles. The van der Waals surface area contributed by atoms with E-state index in [2.05, 4.69) is 14.5 Å². The summed E-state index contributed by atoms with van der Waals surface area (Å²) in [7, 11) is 0. The highest BCUT2D eigenvalue weighted by Gasteiger charge is 2.18. The van der Waals surface area contributed by atoms with Gasteiger partial charge in [-0.1, -0.05) is 11.3 Å². The first-order valence-corrected chi connectivity index (χ1v) is 7.66. The van der Waals surface area contributed by atoms with Crippen molar-refractivity contribution in [2.24, 2.45) is 0 Å². The quantitative estimate of drug-likeness (QED) is 0.642. The topological polar surface area (TPSA) is 82.0 Å². The van der Waals surface area contributed by atoms with Crippen LogP contribution < -0.4 is 10.3 Å². The summed E-state index contributed by atoms with van der Waals surface area (Å²) in [5.74, 6) is 0.341. The molecule has 0 fully saturated rings. The van der Waals surface area contributed by atoms with Gasteiger partial charge in [0, 0.05) is 13.1 Å². The number of carbonyl (C=O) groups excluding carboxylic acids is 1. The molecule has 2 aromatic heterocycles. The molecule has 0 saturated heterocycles. The number of hydrogen-bond acceptors (Lipinski definition) is 6. The lowest BCUT2D eigenvalue weighted by molar-refractivity contribution is -0.689. The lowest BCUT2D eigenvalue weighted by atomic mass is 10.2. The molecule has 0 bridgehead atoms. The Balaban J connectivity index is 2.03. The molecule has 0 aliphatic heterocycles. The van der Waals surface area contributed by atoms with Crippen molar-refractivity contribution in [2.45, 2.75) is 33.2 Å². The summed E-state index contributed by atoms with van der Waals surface area (Å²) in [5.41, 5.74) is 9.89. The van der Waals surface area contributed by atoms with E-state index in [-0.39, 0.29) is 5.97 Å². The molecular formula is C14H19N4O2S+. The fourth-order valence-electron chi connectivity index (χ4n) is 1.97. The number of anilines is 1. The minimum Gasteiger partial charge on any atom is -0.466 e. The summed E-state index contributed by atoms with van der Waals surface area (Å²) < 4.78 is 7.04. The van der Waals surface area contributed by atoms with E-state index in [1.54, 1.807) is 17.5 Å². The summed E-state index contributed by atoms with van der Waals surface area (Å²) in [4.78, 5) is 20.6. The molecule has 0 radical (unpaired) electrons. The SMILES string of the molecule is CCOC(=O)CCc1sc[n+](Cc2cncnc2N)c1C. The van der Waals surface area contributed by atoms with E-state index in [1.807, 2.05) is 19.4 Å². The van der Waals surface area contributed by atoms with Gasteiger partial charge in [-0.3, -0.25) is 4.79 Å². The third-order valence-corrected chi connectivity index (χ3v) is 4.33. The van der Waals surface area contributed by atoms with Crippen molar-refractivity contribution in [1.82, 2.24) is 9.97 Å². The van der Waals surface area contributed by atoms with Crippen molar-refractivity contribution in [3.63, 3.8) is 0 Å². The summed E-state index contributed by atoms with van der Waals surface area (Å²) in [5, 5.41) is 0. The minimum atomic E-state index is -0.155. The molecule has 6 nitrogen and oxygen atoms in total. The van der Waals surface area contributed by atoms with Crippen LogP contribution >= 0.6 is 11.3 Å². The van der Waals surface area contributed by atoms with Crippen molar-refractivity contribution < 1.29 is 14.1 Å². The average Bonchev–Trinajstić information content (AvgIpc) is 2.80. The van der Waals surface area contributed by atoms with Crippen molar-refractivity contribution in [3.05, 3.63) is 34.2 Å². The largest absolute Gasteiger partial charge is 0.466 e. The van der Waals surface area contributed by atoms with Crippen LogP contribution in [0.15, 0.2) is 18.0 Å². The maximum Gasteiger partial charge on any atom is 0.306 e. The van der Waals surface area contributed by atoms with Crippen molar-refractivity contribution in [3.8, 4) is 0 Å². The third kappa shape index (κ3) is 3.98. The zero-order valence-electron chi connectivity index (χ0n) is 12.2. The van der Waals surface area contributed by atoms with E-state index in [4.69, 9.17) is 10.5 Å². The number of ether oxygens (including phenoxy) is 1. The Morgan fingerprint density at radius 2 is 2.33 bits per heavy atom. The highest BCUT2D eigenvalue weighted by molar-refractivity contribution is 7.09. The van der Waals surface area contributed by atoms with Gasteiger partial charge in [0.15, 0.2) is 12.2 Å². The van der Waals surface area contributed by atoms with Gasteiger partial charge in [-0.25, -0.2) is 9.97 Å². The van der Waals surface area contributed by atoms with E-state index in [9.17, 15) is 4.79 Å². The maximum absolute atomic E-state index is 11.4. The Morgan fingerprint density at radius 1 is 1.52 bits per heavy atom. The summed E-state index contributed by atoms with van der Waals surface area (Å²) in [6, 6.07) is 0. The lowest BCUT2D eigenvalue weighted by Gasteiger charge is -2.01. The van der Waals surface area contributed by atoms with Crippen LogP contribution in [0.4, 0.5) is 5.82 Å². The molecule has 0 aliphatic carbocycles. The molecular weight excluding hydrogens is 288 g/mol.